The molecule has 246 valence electrons. The highest BCUT2D eigenvalue weighted by molar-refractivity contribution is 14.1. The lowest BCUT2D eigenvalue weighted by Gasteiger charge is -2.30. The van der Waals surface area contributed by atoms with E-state index in [9.17, 15) is 55.2 Å². The number of ether oxygens (including phenoxy) is 1. The number of halogens is 3. The third-order valence-corrected chi connectivity index (χ3v) is 8.89. The Bertz CT molecular complexity index is 994. The second-order valence-electron chi connectivity index (χ2n) is 9.17. The molecule has 1 aromatic carbocycles. The van der Waals surface area contributed by atoms with Gasteiger partial charge in [-0.1, -0.05) is 0 Å². The molecule has 19 heteroatoms. The third kappa shape index (κ3) is 12.2. The summed E-state index contributed by atoms with van der Waals surface area (Å²) in [6.07, 6.45) is -6.54. The normalized spacial score (nSPS) is 14.0. The van der Waals surface area contributed by atoms with Crippen LogP contribution < -0.4 is 5.32 Å². The summed E-state index contributed by atoms with van der Waals surface area (Å²) in [6, 6.07) is 0. The van der Waals surface area contributed by atoms with Crippen molar-refractivity contribution in [3.05, 3.63) is 21.8 Å². The average Bonchev–Trinajstić information content (AvgIpc) is 2.97. The van der Waals surface area contributed by atoms with Gasteiger partial charge in [0.15, 0.2) is 0 Å². The minimum Gasteiger partial charge on any atom is -0.449 e. The second kappa shape index (κ2) is 20.4. The van der Waals surface area contributed by atoms with Gasteiger partial charge in [0.05, 0.1) is 81.4 Å². The van der Waals surface area contributed by atoms with Crippen molar-refractivity contribution in [2.45, 2.75) is 30.8 Å². The van der Waals surface area contributed by atoms with Crippen LogP contribution in [0.15, 0.2) is 0 Å². The van der Waals surface area contributed by atoms with Crippen molar-refractivity contribution in [2.24, 2.45) is 0 Å². The van der Waals surface area contributed by atoms with Crippen molar-refractivity contribution in [1.82, 2.24) is 9.80 Å². The van der Waals surface area contributed by atoms with Gasteiger partial charge in [-0.3, -0.25) is 14.9 Å². The maximum absolute atomic E-state index is 13.9. The summed E-state index contributed by atoms with van der Waals surface area (Å²) in [7, 11) is 0. The molecule has 0 bridgehead atoms. The smallest absolute Gasteiger partial charge is 0.411 e. The van der Waals surface area contributed by atoms with E-state index in [4.69, 9.17) is 9.84 Å². The molecule has 0 aliphatic rings. The van der Waals surface area contributed by atoms with Crippen LogP contribution in [0.5, 0.6) is 0 Å². The number of anilines is 1. The first-order valence-electron chi connectivity index (χ1n) is 12.8. The number of amides is 3. The van der Waals surface area contributed by atoms with Crippen LogP contribution in [0.3, 0.4) is 0 Å². The van der Waals surface area contributed by atoms with E-state index in [1.54, 1.807) is 67.8 Å². The van der Waals surface area contributed by atoms with Gasteiger partial charge in [-0.15, -0.1) is 0 Å². The van der Waals surface area contributed by atoms with E-state index in [0.717, 1.165) is 9.80 Å². The first-order chi connectivity index (χ1) is 20.3. The summed E-state index contributed by atoms with van der Waals surface area (Å²) in [6.45, 7) is -5.21. The molecule has 10 N–H and O–H groups in total. The molecular formula is C24H36I3N3O13. The van der Waals surface area contributed by atoms with Crippen molar-refractivity contribution in [3.8, 4) is 0 Å². The fraction of sp³-hybridized carbons (Fsp3) is 0.625. The van der Waals surface area contributed by atoms with Gasteiger partial charge in [0, 0.05) is 42.8 Å². The Kier molecular flexibility index (Phi) is 19.1. The molecule has 0 spiro atoms. The highest BCUT2D eigenvalue weighted by Crippen LogP contribution is 2.37. The van der Waals surface area contributed by atoms with Crippen molar-refractivity contribution < 1.29 is 65.1 Å². The number of carbonyl (C=O) groups excluding carboxylic acids is 3. The average molecular weight is 955 g/mol. The van der Waals surface area contributed by atoms with Crippen LogP contribution in [0.4, 0.5) is 10.5 Å². The van der Waals surface area contributed by atoms with Crippen molar-refractivity contribution in [3.63, 3.8) is 0 Å². The molecule has 1 aromatic rings. The zero-order chi connectivity index (χ0) is 32.9. The zero-order valence-electron chi connectivity index (χ0n) is 22.8. The van der Waals surface area contributed by atoms with Crippen LogP contribution in [-0.4, -0.2) is 164 Å². The lowest BCUT2D eigenvalue weighted by atomic mass is 10.1. The number of benzene rings is 1. The number of rotatable bonds is 18. The Morgan fingerprint density at radius 2 is 1.00 bits per heavy atom. The van der Waals surface area contributed by atoms with Gasteiger partial charge in [-0.25, -0.2) is 4.79 Å². The molecule has 3 amide bonds. The molecule has 0 saturated carbocycles. The number of nitrogens with zero attached hydrogens (tertiary/aromatic N) is 2. The number of aliphatic hydroxyl groups is 9. The molecule has 0 saturated heterocycles. The van der Waals surface area contributed by atoms with Crippen LogP contribution in [0, 0.1) is 10.7 Å². The quantitative estimate of drug-likeness (QED) is 0.0551. The van der Waals surface area contributed by atoms with Gasteiger partial charge in [0.1, 0.15) is 0 Å². The van der Waals surface area contributed by atoms with E-state index in [1.807, 2.05) is 0 Å². The van der Waals surface area contributed by atoms with Crippen LogP contribution in [-0.2, 0) is 4.74 Å². The molecule has 1 rings (SSSR count). The van der Waals surface area contributed by atoms with Gasteiger partial charge in [0.2, 0.25) is 0 Å². The summed E-state index contributed by atoms with van der Waals surface area (Å²) < 4.78 is 5.30. The predicted octanol–water partition coefficient (Wildman–Crippen LogP) is -2.27. The molecule has 43 heavy (non-hydrogen) atoms. The Morgan fingerprint density at radius 1 is 0.651 bits per heavy atom. The highest BCUT2D eigenvalue weighted by Gasteiger charge is 2.34. The Labute approximate surface area is 288 Å². The molecule has 0 fully saturated rings. The van der Waals surface area contributed by atoms with E-state index in [1.165, 1.54) is 0 Å². The number of hydrogen-bond acceptors (Lipinski definition) is 13. The van der Waals surface area contributed by atoms with E-state index < -0.39 is 94.9 Å². The Morgan fingerprint density at radius 3 is 1.30 bits per heavy atom. The lowest BCUT2D eigenvalue weighted by Crippen LogP contribution is -2.46. The Hall–Kier alpha value is -0.740. The SMILES string of the molecule is O=C(Nc1c(I)c(C(=O)N(CC(O)CO)CC(O)CO)c(I)c(C(=O)N(CC(O)CO)CC(O)CO)c1I)OCCCO. The van der Waals surface area contributed by atoms with Crippen molar-refractivity contribution in [1.29, 1.82) is 0 Å². The lowest BCUT2D eigenvalue weighted by molar-refractivity contribution is 0.0204. The molecule has 4 unspecified atom stereocenters. The molecule has 4 atom stereocenters. The highest BCUT2D eigenvalue weighted by atomic mass is 127. The topological polar surface area (TPSA) is 261 Å². The number of aliphatic hydroxyl groups excluding tert-OH is 9. The number of carbonyl (C=O) groups is 3. The fourth-order valence-corrected chi connectivity index (χ4v) is 7.92. The monoisotopic (exact) mass is 955 g/mol. The fourth-order valence-electron chi connectivity index (χ4n) is 3.56. The van der Waals surface area contributed by atoms with Gasteiger partial charge in [-0.2, -0.15) is 0 Å². The minimum atomic E-state index is -1.43. The van der Waals surface area contributed by atoms with Gasteiger partial charge in [-0.05, 0) is 67.8 Å². The maximum Gasteiger partial charge on any atom is 0.411 e. The molecule has 16 nitrogen and oxygen atoms in total. The van der Waals surface area contributed by atoms with Crippen LogP contribution >= 0.6 is 67.8 Å². The van der Waals surface area contributed by atoms with Crippen molar-refractivity contribution in [2.75, 3.05) is 71.1 Å². The molecule has 0 aliphatic heterocycles. The van der Waals surface area contributed by atoms with Crippen LogP contribution in [0.2, 0.25) is 0 Å². The van der Waals surface area contributed by atoms with Crippen molar-refractivity contribution >= 4 is 91.4 Å². The number of nitrogens with one attached hydrogen (secondary N) is 1. The molecule has 0 aromatic heterocycles. The van der Waals surface area contributed by atoms with E-state index >= 15 is 0 Å². The van der Waals surface area contributed by atoms with E-state index in [0.29, 0.717) is 0 Å². The van der Waals surface area contributed by atoms with E-state index in [-0.39, 0.29) is 47.2 Å². The standard InChI is InChI=1S/C24H36I3N3O13/c25-18-16(22(40)29(4-12(36)8-32)5-13(37)9-33)19(26)21(28-24(42)43-3-1-2-31)20(27)17(18)23(41)30(6-14(38)10-34)7-15(39)11-35/h12-15,31-39H,1-11H2,(H,28,42). The summed E-state index contributed by atoms with van der Waals surface area (Å²) in [4.78, 5) is 42.3. The molecule has 0 aliphatic carbocycles. The third-order valence-electron chi connectivity index (χ3n) is 5.65. The molecular weight excluding hydrogens is 919 g/mol. The van der Waals surface area contributed by atoms with Crippen LogP contribution in [0.1, 0.15) is 27.1 Å². The van der Waals surface area contributed by atoms with Gasteiger partial charge < -0.3 is 60.5 Å². The second-order valence-corrected chi connectivity index (χ2v) is 12.4. The van der Waals surface area contributed by atoms with Gasteiger partial charge in [0.25, 0.3) is 11.8 Å². The largest absolute Gasteiger partial charge is 0.449 e. The predicted molar refractivity (Wildman–Crippen MR) is 175 cm³/mol. The summed E-state index contributed by atoms with van der Waals surface area (Å²) in [5, 5.41) is 89.2. The zero-order valence-corrected chi connectivity index (χ0v) is 29.2. The molecule has 0 heterocycles. The first-order valence-corrected chi connectivity index (χ1v) is 16.0. The summed E-state index contributed by atoms with van der Waals surface area (Å²) >= 11 is 5.22. The minimum absolute atomic E-state index is 0.0320. The van der Waals surface area contributed by atoms with Crippen LogP contribution in [0.25, 0.3) is 0 Å². The van der Waals surface area contributed by atoms with Gasteiger partial charge >= 0.3 is 6.09 Å². The summed E-state index contributed by atoms with van der Waals surface area (Å²) in [5.74, 6) is -1.71. The van der Waals surface area contributed by atoms with E-state index in [2.05, 4.69) is 5.32 Å². The Balaban J connectivity index is 3.91. The maximum atomic E-state index is 13.9. The molecule has 0 radical (unpaired) electrons. The number of hydrogen-bond donors (Lipinski definition) is 10. The summed E-state index contributed by atoms with van der Waals surface area (Å²) in [5.41, 5.74) is -0.384. The first kappa shape index (κ1) is 40.3.